The van der Waals surface area contributed by atoms with Crippen LogP contribution in [0, 0.1) is 13.8 Å². The summed E-state index contributed by atoms with van der Waals surface area (Å²) < 4.78 is 20.9. The highest BCUT2D eigenvalue weighted by atomic mass is 31.2. The molecule has 0 aliphatic carbocycles. The summed E-state index contributed by atoms with van der Waals surface area (Å²) in [4.78, 5) is 29.2. The molecule has 0 heterocycles. The van der Waals surface area contributed by atoms with E-state index in [1.807, 2.05) is 32.0 Å². The first-order valence-electron chi connectivity index (χ1n) is 6.29. The van der Waals surface area contributed by atoms with E-state index in [4.69, 9.17) is 19.3 Å². The number of ether oxygens (including phenoxy) is 2. The minimum Gasteiger partial charge on any atom is -0.423 e. The van der Waals surface area contributed by atoms with Gasteiger partial charge in [-0.3, -0.25) is 4.57 Å². The van der Waals surface area contributed by atoms with E-state index in [1.54, 1.807) is 0 Å². The normalized spacial score (nSPS) is 11.2. The van der Waals surface area contributed by atoms with Gasteiger partial charge in [-0.1, -0.05) is 24.8 Å². The average Bonchev–Trinajstić information content (AvgIpc) is 2.37. The molecule has 0 aliphatic rings. The van der Waals surface area contributed by atoms with Crippen molar-refractivity contribution in [2.24, 2.45) is 0 Å². The van der Waals surface area contributed by atoms with Crippen molar-refractivity contribution in [3.8, 4) is 5.75 Å². The van der Waals surface area contributed by atoms with Crippen LogP contribution < -0.4 is 4.74 Å². The van der Waals surface area contributed by atoms with Gasteiger partial charge in [-0.25, -0.2) is 4.79 Å². The topological polar surface area (TPSA) is 93.1 Å². The number of carbonyl (C=O) groups is 1. The second-order valence-electron chi connectivity index (χ2n) is 4.65. The van der Waals surface area contributed by atoms with Crippen LogP contribution in [0.5, 0.6) is 5.75 Å². The van der Waals surface area contributed by atoms with Gasteiger partial charge in [0.2, 0.25) is 0 Å². The number of aryl methyl sites for hydroxylation is 2. The Bertz CT molecular complexity index is 555. The Morgan fingerprint density at radius 2 is 1.86 bits per heavy atom. The average molecular weight is 314 g/mol. The van der Waals surface area contributed by atoms with Crippen molar-refractivity contribution in [2.75, 3.05) is 19.4 Å². The van der Waals surface area contributed by atoms with Crippen LogP contribution >= 0.6 is 7.60 Å². The van der Waals surface area contributed by atoms with Crippen molar-refractivity contribution in [2.45, 2.75) is 13.8 Å². The first kappa shape index (κ1) is 17.6. The maximum absolute atomic E-state index is 11.9. The van der Waals surface area contributed by atoms with Gasteiger partial charge in [0, 0.05) is 0 Å². The summed E-state index contributed by atoms with van der Waals surface area (Å²) >= 11 is 0. The van der Waals surface area contributed by atoms with Crippen LogP contribution in [-0.2, 0) is 14.1 Å². The number of esters is 1. The third-order valence-electron chi connectivity index (χ3n) is 2.70. The van der Waals surface area contributed by atoms with Crippen LogP contribution in [0.2, 0.25) is 0 Å². The third-order valence-corrected chi connectivity index (χ3v) is 3.46. The fraction of sp³-hybridized carbons (Fsp3) is 0.357. The predicted octanol–water partition coefficient (Wildman–Crippen LogP) is 1.96. The molecule has 0 saturated heterocycles. The molecular weight excluding hydrogens is 295 g/mol. The van der Waals surface area contributed by atoms with Gasteiger partial charge in [0.15, 0.2) is 0 Å². The maximum Gasteiger partial charge on any atom is 0.341 e. The number of hydrogen-bond donors (Lipinski definition) is 2. The molecule has 7 heteroatoms. The lowest BCUT2D eigenvalue weighted by molar-refractivity contribution is -0.130. The molecule has 2 N–H and O–H groups in total. The number of para-hydroxylation sites is 1. The van der Waals surface area contributed by atoms with E-state index in [2.05, 4.69) is 6.58 Å². The molecule has 0 aliphatic heterocycles. The zero-order valence-corrected chi connectivity index (χ0v) is 12.9. The van der Waals surface area contributed by atoms with Crippen molar-refractivity contribution < 1.29 is 28.6 Å². The maximum atomic E-state index is 11.9. The van der Waals surface area contributed by atoms with Crippen LogP contribution in [-0.4, -0.2) is 35.1 Å². The van der Waals surface area contributed by atoms with Crippen LogP contribution in [0.15, 0.2) is 30.4 Å². The number of hydrogen-bond acceptors (Lipinski definition) is 4. The molecule has 6 nitrogen and oxygen atoms in total. The Hall–Kier alpha value is -1.46. The van der Waals surface area contributed by atoms with E-state index in [-0.39, 0.29) is 18.8 Å². The minimum atomic E-state index is -4.09. The van der Waals surface area contributed by atoms with Crippen molar-refractivity contribution in [3.05, 3.63) is 41.5 Å². The highest BCUT2D eigenvalue weighted by molar-refractivity contribution is 7.51. The Balaban J connectivity index is 2.49. The number of carbonyl (C=O) groups excluding carboxylic acids is 1. The molecule has 116 valence electrons. The standard InChI is InChI=1S/C14H19O6P/c1-10-5-4-6-11(2)13(10)20-14(15)12(3)9-19-7-8-21(16,17)18/h4-6H,3,7-9H2,1-2H3,(H2,16,17,18). The highest BCUT2D eigenvalue weighted by Gasteiger charge is 2.15. The molecule has 0 unspecified atom stereocenters. The molecule has 0 fully saturated rings. The van der Waals surface area contributed by atoms with Gasteiger partial charge in [-0.05, 0) is 25.0 Å². The van der Waals surface area contributed by atoms with Crippen molar-refractivity contribution in [1.82, 2.24) is 0 Å². The summed E-state index contributed by atoms with van der Waals surface area (Å²) in [5, 5.41) is 0. The molecule has 1 rings (SSSR count). The van der Waals surface area contributed by atoms with Gasteiger partial charge in [0.25, 0.3) is 0 Å². The molecule has 0 bridgehead atoms. The van der Waals surface area contributed by atoms with E-state index in [1.165, 1.54) is 0 Å². The Morgan fingerprint density at radius 1 is 1.29 bits per heavy atom. The Kier molecular flexibility index (Phi) is 6.30. The summed E-state index contributed by atoms with van der Waals surface area (Å²) in [6.45, 7) is 6.92. The van der Waals surface area contributed by atoms with Crippen molar-refractivity contribution >= 4 is 13.6 Å². The zero-order valence-electron chi connectivity index (χ0n) is 12.0. The monoisotopic (exact) mass is 314 g/mol. The molecule has 0 spiro atoms. The summed E-state index contributed by atoms with van der Waals surface area (Å²) in [6, 6.07) is 5.52. The van der Waals surface area contributed by atoms with Crippen molar-refractivity contribution in [3.63, 3.8) is 0 Å². The fourth-order valence-corrected chi connectivity index (χ4v) is 1.93. The lowest BCUT2D eigenvalue weighted by atomic mass is 10.1. The molecule has 21 heavy (non-hydrogen) atoms. The summed E-state index contributed by atoms with van der Waals surface area (Å²) in [5.41, 5.74) is 1.75. The molecule has 1 aromatic rings. The van der Waals surface area contributed by atoms with E-state index in [0.717, 1.165) is 11.1 Å². The van der Waals surface area contributed by atoms with Gasteiger partial charge >= 0.3 is 13.6 Å². The van der Waals surface area contributed by atoms with Crippen LogP contribution in [0.25, 0.3) is 0 Å². The lowest BCUT2D eigenvalue weighted by Crippen LogP contribution is -2.16. The zero-order chi connectivity index (χ0) is 16.0. The molecular formula is C14H19O6P. The van der Waals surface area contributed by atoms with Crippen molar-refractivity contribution in [1.29, 1.82) is 0 Å². The Labute approximate surface area is 123 Å². The number of rotatable bonds is 7. The van der Waals surface area contributed by atoms with Crippen LogP contribution in [0.1, 0.15) is 11.1 Å². The lowest BCUT2D eigenvalue weighted by Gasteiger charge is -2.11. The van der Waals surface area contributed by atoms with Gasteiger partial charge < -0.3 is 19.3 Å². The molecule has 0 saturated carbocycles. The first-order chi connectivity index (χ1) is 9.70. The quantitative estimate of drug-likeness (QED) is 0.263. The molecule has 0 radical (unpaired) electrons. The predicted molar refractivity (Wildman–Crippen MR) is 78.4 cm³/mol. The van der Waals surface area contributed by atoms with E-state index in [0.29, 0.717) is 5.75 Å². The largest absolute Gasteiger partial charge is 0.423 e. The molecule has 0 amide bonds. The minimum absolute atomic E-state index is 0.0864. The van der Waals surface area contributed by atoms with Crippen LogP contribution in [0.4, 0.5) is 0 Å². The highest BCUT2D eigenvalue weighted by Crippen LogP contribution is 2.33. The molecule has 1 aromatic carbocycles. The van der Waals surface area contributed by atoms with E-state index < -0.39 is 19.7 Å². The van der Waals surface area contributed by atoms with Gasteiger partial charge in [-0.15, -0.1) is 0 Å². The van der Waals surface area contributed by atoms with Gasteiger partial charge in [0.1, 0.15) is 5.75 Å². The SMILES string of the molecule is C=C(COCCP(=O)(O)O)C(=O)Oc1c(C)cccc1C. The summed E-state index contributed by atoms with van der Waals surface area (Å²) in [6.07, 6.45) is -0.397. The molecule has 0 atom stereocenters. The van der Waals surface area contributed by atoms with E-state index >= 15 is 0 Å². The summed E-state index contributed by atoms with van der Waals surface area (Å²) in [7, 11) is -4.09. The molecule has 0 aromatic heterocycles. The number of benzene rings is 1. The third kappa shape index (κ3) is 6.23. The second-order valence-corrected chi connectivity index (χ2v) is 6.43. The Morgan fingerprint density at radius 3 is 2.38 bits per heavy atom. The first-order valence-corrected chi connectivity index (χ1v) is 8.09. The second kappa shape index (κ2) is 7.52. The fourth-order valence-electron chi connectivity index (χ4n) is 1.56. The summed E-state index contributed by atoms with van der Waals surface area (Å²) in [5.74, 6) is -0.137. The van der Waals surface area contributed by atoms with Gasteiger partial charge in [0.05, 0.1) is 24.9 Å². The van der Waals surface area contributed by atoms with Crippen LogP contribution in [0.3, 0.4) is 0 Å². The smallest absolute Gasteiger partial charge is 0.341 e. The van der Waals surface area contributed by atoms with Gasteiger partial charge in [-0.2, -0.15) is 0 Å². The van der Waals surface area contributed by atoms with E-state index in [9.17, 15) is 9.36 Å².